The van der Waals surface area contributed by atoms with E-state index in [1.165, 1.54) is 0 Å². The topological polar surface area (TPSA) is 64.6 Å². The second-order valence-corrected chi connectivity index (χ2v) is 4.57. The highest BCUT2D eigenvalue weighted by Gasteiger charge is 2.17. The number of carbonyl (C=O) groups excluding carboxylic acids is 2. The third kappa shape index (κ3) is 3.00. The third-order valence-corrected chi connectivity index (χ3v) is 2.39. The van der Waals surface area contributed by atoms with Crippen molar-refractivity contribution in [2.75, 3.05) is 11.9 Å². The van der Waals surface area contributed by atoms with E-state index in [4.69, 9.17) is 9.47 Å². The zero-order chi connectivity index (χ0) is 13.1. The van der Waals surface area contributed by atoms with E-state index < -0.39 is 0 Å². The highest BCUT2D eigenvalue weighted by Crippen LogP contribution is 2.31. The zero-order valence-corrected chi connectivity index (χ0v) is 10.4. The molecule has 1 aromatic carbocycles. The lowest BCUT2D eigenvalue weighted by Gasteiger charge is -2.18. The maximum atomic E-state index is 11.5. The molecule has 5 heteroatoms. The maximum Gasteiger partial charge on any atom is 0.311 e. The number of hydrogen-bond donors (Lipinski definition) is 1. The first-order valence-corrected chi connectivity index (χ1v) is 5.82. The van der Waals surface area contributed by atoms with Gasteiger partial charge in [0.05, 0.1) is 5.69 Å². The number of rotatable bonds is 3. The second kappa shape index (κ2) is 5.08. The fraction of sp³-hybridized carbons (Fsp3) is 0.385. The van der Waals surface area contributed by atoms with E-state index in [9.17, 15) is 9.59 Å². The average Bonchev–Trinajstić information content (AvgIpc) is 2.27. The highest BCUT2D eigenvalue weighted by molar-refractivity contribution is 5.95. The smallest absolute Gasteiger partial charge is 0.311 e. The minimum absolute atomic E-state index is 0.0134. The van der Waals surface area contributed by atoms with Crippen LogP contribution in [0.3, 0.4) is 0 Å². The van der Waals surface area contributed by atoms with Gasteiger partial charge >= 0.3 is 5.97 Å². The molecule has 0 aliphatic carbocycles. The van der Waals surface area contributed by atoms with E-state index in [0.29, 0.717) is 23.6 Å². The van der Waals surface area contributed by atoms with Gasteiger partial charge in [0.25, 0.3) is 5.91 Å². The van der Waals surface area contributed by atoms with Crippen LogP contribution in [0.15, 0.2) is 18.2 Å². The van der Waals surface area contributed by atoms with E-state index in [1.807, 2.05) is 13.8 Å². The van der Waals surface area contributed by atoms with E-state index in [-0.39, 0.29) is 24.4 Å². The molecular weight excluding hydrogens is 234 g/mol. The van der Waals surface area contributed by atoms with Crippen molar-refractivity contribution in [1.29, 1.82) is 0 Å². The summed E-state index contributed by atoms with van der Waals surface area (Å²) >= 11 is 0. The van der Waals surface area contributed by atoms with Gasteiger partial charge in [-0.3, -0.25) is 9.59 Å². The number of anilines is 1. The van der Waals surface area contributed by atoms with Crippen molar-refractivity contribution in [3.63, 3.8) is 0 Å². The number of carbonyl (C=O) groups is 2. The van der Waals surface area contributed by atoms with Crippen LogP contribution in [0.4, 0.5) is 5.69 Å². The summed E-state index contributed by atoms with van der Waals surface area (Å²) in [4.78, 5) is 22.7. The molecule has 18 heavy (non-hydrogen) atoms. The number of benzene rings is 1. The first kappa shape index (κ1) is 12.4. The summed E-state index contributed by atoms with van der Waals surface area (Å²) in [5, 5.41) is 2.66. The predicted molar refractivity (Wildman–Crippen MR) is 65.7 cm³/mol. The van der Waals surface area contributed by atoms with Crippen LogP contribution in [0, 0.1) is 5.92 Å². The molecule has 0 aromatic heterocycles. The molecule has 1 amide bonds. The summed E-state index contributed by atoms with van der Waals surface area (Å²) < 4.78 is 10.4. The Morgan fingerprint density at radius 2 is 2.28 bits per heavy atom. The van der Waals surface area contributed by atoms with Gasteiger partial charge in [0.1, 0.15) is 11.5 Å². The Bertz CT molecular complexity index is 482. The summed E-state index contributed by atoms with van der Waals surface area (Å²) in [6, 6.07) is 4.91. The highest BCUT2D eigenvalue weighted by atomic mass is 16.5. The molecule has 2 rings (SSSR count). The number of fused-ring (bicyclic) bond motifs is 1. The van der Waals surface area contributed by atoms with Crippen molar-refractivity contribution < 1.29 is 19.1 Å². The summed E-state index contributed by atoms with van der Waals surface area (Å²) in [6.45, 7) is 3.91. The van der Waals surface area contributed by atoms with E-state index >= 15 is 0 Å². The van der Waals surface area contributed by atoms with E-state index in [0.717, 1.165) is 0 Å². The molecular formula is C13H15NO4. The van der Waals surface area contributed by atoms with Gasteiger partial charge in [-0.05, 0) is 18.1 Å². The van der Waals surface area contributed by atoms with Gasteiger partial charge in [0.2, 0.25) is 0 Å². The number of nitrogens with one attached hydrogen (secondary N) is 1. The lowest BCUT2D eigenvalue weighted by atomic mass is 10.1. The summed E-state index contributed by atoms with van der Waals surface area (Å²) in [7, 11) is 0. The molecule has 1 aliphatic rings. The predicted octanol–water partition coefficient (Wildman–Crippen LogP) is 1.97. The van der Waals surface area contributed by atoms with Gasteiger partial charge < -0.3 is 14.8 Å². The fourth-order valence-electron chi connectivity index (χ4n) is 1.63. The number of ether oxygens (including phenoxy) is 2. The van der Waals surface area contributed by atoms with Crippen molar-refractivity contribution in [3.05, 3.63) is 18.2 Å². The van der Waals surface area contributed by atoms with Gasteiger partial charge in [-0.25, -0.2) is 0 Å². The van der Waals surface area contributed by atoms with Crippen LogP contribution in [-0.2, 0) is 9.59 Å². The summed E-state index contributed by atoms with van der Waals surface area (Å²) in [5.74, 6) is 0.739. The molecule has 0 unspecified atom stereocenters. The Morgan fingerprint density at radius 1 is 1.50 bits per heavy atom. The molecule has 5 nitrogen and oxygen atoms in total. The van der Waals surface area contributed by atoms with Crippen LogP contribution in [0.1, 0.15) is 20.3 Å². The summed E-state index contributed by atoms with van der Waals surface area (Å²) in [6.07, 6.45) is 0.361. The van der Waals surface area contributed by atoms with Crippen molar-refractivity contribution in [1.82, 2.24) is 0 Å². The van der Waals surface area contributed by atoms with Crippen LogP contribution >= 0.6 is 0 Å². The Kier molecular flexibility index (Phi) is 3.50. The van der Waals surface area contributed by atoms with Crippen molar-refractivity contribution >= 4 is 17.6 Å². The fourth-order valence-corrected chi connectivity index (χ4v) is 1.63. The van der Waals surface area contributed by atoms with Crippen molar-refractivity contribution in [2.45, 2.75) is 20.3 Å². The van der Waals surface area contributed by atoms with Crippen LogP contribution in [-0.4, -0.2) is 18.5 Å². The van der Waals surface area contributed by atoms with Crippen LogP contribution < -0.4 is 14.8 Å². The number of amides is 1. The average molecular weight is 249 g/mol. The Hall–Kier alpha value is -2.04. The molecule has 1 heterocycles. The Balaban J connectivity index is 2.09. The monoisotopic (exact) mass is 249 g/mol. The standard InChI is InChI=1S/C13H15NO4/c1-8(2)5-13(16)18-9-3-4-11-10(6-9)14-12(15)7-17-11/h3-4,6,8H,5,7H2,1-2H3,(H,14,15). The van der Waals surface area contributed by atoms with Crippen LogP contribution in [0.25, 0.3) is 0 Å². The van der Waals surface area contributed by atoms with Gasteiger partial charge in [0.15, 0.2) is 6.61 Å². The summed E-state index contributed by atoms with van der Waals surface area (Å²) in [5.41, 5.74) is 0.529. The molecule has 0 radical (unpaired) electrons. The van der Waals surface area contributed by atoms with Gasteiger partial charge in [-0.15, -0.1) is 0 Å². The molecule has 0 atom stereocenters. The largest absolute Gasteiger partial charge is 0.482 e. The molecule has 0 saturated carbocycles. The Morgan fingerprint density at radius 3 is 3.00 bits per heavy atom. The van der Waals surface area contributed by atoms with E-state index in [2.05, 4.69) is 5.32 Å². The van der Waals surface area contributed by atoms with Gasteiger partial charge in [-0.2, -0.15) is 0 Å². The molecule has 96 valence electrons. The molecule has 1 N–H and O–H groups in total. The normalized spacial score (nSPS) is 13.6. The number of esters is 1. The lowest BCUT2D eigenvalue weighted by Crippen LogP contribution is -2.25. The van der Waals surface area contributed by atoms with E-state index in [1.54, 1.807) is 18.2 Å². The first-order valence-electron chi connectivity index (χ1n) is 5.82. The molecule has 0 fully saturated rings. The minimum atomic E-state index is -0.284. The van der Waals surface area contributed by atoms with Gasteiger partial charge in [-0.1, -0.05) is 13.8 Å². The molecule has 0 saturated heterocycles. The van der Waals surface area contributed by atoms with Crippen molar-refractivity contribution in [3.8, 4) is 11.5 Å². The minimum Gasteiger partial charge on any atom is -0.482 e. The number of hydrogen-bond acceptors (Lipinski definition) is 4. The van der Waals surface area contributed by atoms with Crippen LogP contribution in [0.5, 0.6) is 11.5 Å². The van der Waals surface area contributed by atoms with Crippen molar-refractivity contribution in [2.24, 2.45) is 5.92 Å². The molecule has 0 bridgehead atoms. The Labute approximate surface area is 105 Å². The molecule has 0 spiro atoms. The SMILES string of the molecule is CC(C)CC(=O)Oc1ccc2c(c1)NC(=O)CO2. The third-order valence-electron chi connectivity index (χ3n) is 2.39. The second-order valence-electron chi connectivity index (χ2n) is 4.57. The van der Waals surface area contributed by atoms with Gasteiger partial charge in [0, 0.05) is 12.5 Å². The quantitative estimate of drug-likeness (QED) is 0.657. The lowest BCUT2D eigenvalue weighted by molar-refractivity contribution is -0.135. The van der Waals surface area contributed by atoms with Crippen LogP contribution in [0.2, 0.25) is 0 Å². The zero-order valence-electron chi connectivity index (χ0n) is 10.4. The first-order chi connectivity index (χ1) is 8.54. The molecule has 1 aromatic rings. The maximum absolute atomic E-state index is 11.5. The molecule has 1 aliphatic heterocycles.